The van der Waals surface area contributed by atoms with Crippen molar-refractivity contribution in [2.45, 2.75) is 38.1 Å². The van der Waals surface area contributed by atoms with Gasteiger partial charge in [-0.3, -0.25) is 14.4 Å². The van der Waals surface area contributed by atoms with Crippen LogP contribution < -0.4 is 10.6 Å². The number of hydrogen-bond donors (Lipinski definition) is 4. The first-order chi connectivity index (χ1) is 15.4. The molecule has 2 amide bonds. The van der Waals surface area contributed by atoms with Crippen LogP contribution in [0.15, 0.2) is 48.5 Å². The Morgan fingerprint density at radius 1 is 1.06 bits per heavy atom. The zero-order valence-corrected chi connectivity index (χ0v) is 18.5. The Balaban J connectivity index is 0.000000247. The fraction of sp³-hybridized carbons (Fsp3) is 0.292. The monoisotopic (exact) mass is 455 g/mol. The molecule has 0 radical (unpaired) electrons. The van der Waals surface area contributed by atoms with Crippen LogP contribution in [-0.4, -0.2) is 41.0 Å². The normalized spacial score (nSPS) is 12.6. The zero-order valence-electron chi connectivity index (χ0n) is 17.8. The maximum Gasteiger partial charge on any atom is 0.303 e. The molecular weight excluding hydrogens is 430 g/mol. The highest BCUT2D eigenvalue weighted by atomic mass is 35.5. The molecule has 0 spiro atoms. The van der Waals surface area contributed by atoms with Gasteiger partial charge in [0.1, 0.15) is 5.69 Å². The van der Waals surface area contributed by atoms with Crippen molar-refractivity contribution in [3.63, 3.8) is 0 Å². The van der Waals surface area contributed by atoms with Gasteiger partial charge >= 0.3 is 5.97 Å². The molecule has 0 saturated heterocycles. The molecule has 32 heavy (non-hydrogen) atoms. The number of rotatable bonds is 6. The van der Waals surface area contributed by atoms with Crippen LogP contribution in [0.25, 0.3) is 10.9 Å². The molecular formula is C24H26ClN3O4. The summed E-state index contributed by atoms with van der Waals surface area (Å²) in [5.74, 6) is -1.03. The maximum atomic E-state index is 12.4. The molecule has 0 atom stereocenters. The summed E-state index contributed by atoms with van der Waals surface area (Å²) < 4.78 is 0. The zero-order chi connectivity index (χ0) is 23.1. The lowest BCUT2D eigenvalue weighted by Crippen LogP contribution is -2.35. The molecule has 2 aromatic carbocycles. The van der Waals surface area contributed by atoms with Crippen LogP contribution in [0.4, 0.5) is 0 Å². The standard InChI is InChI=1S/C18H15ClN2O.C6H11NO3/c19-14-5-6-16-13(7-14)10-17(21-16)18(22)20-15-8-11-3-1-2-4-12(11)9-15;1-7-5(8)3-2-4-6(9)10/h1-7,10,15,21H,8-9H2,(H,20,22);2-4H2,1H3,(H,7,8)(H,9,10). The van der Waals surface area contributed by atoms with Crippen molar-refractivity contribution in [3.8, 4) is 0 Å². The van der Waals surface area contributed by atoms with Crippen molar-refractivity contribution in [2.24, 2.45) is 0 Å². The minimum absolute atomic E-state index is 0.0629. The van der Waals surface area contributed by atoms with Gasteiger partial charge < -0.3 is 20.7 Å². The topological polar surface area (TPSA) is 111 Å². The van der Waals surface area contributed by atoms with Crippen LogP contribution in [0.1, 0.15) is 40.9 Å². The van der Waals surface area contributed by atoms with Gasteiger partial charge in [0.2, 0.25) is 5.91 Å². The van der Waals surface area contributed by atoms with Crippen molar-refractivity contribution >= 4 is 40.3 Å². The molecule has 0 saturated carbocycles. The highest BCUT2D eigenvalue weighted by Crippen LogP contribution is 2.23. The second kappa shape index (κ2) is 10.8. The molecule has 0 aliphatic heterocycles. The van der Waals surface area contributed by atoms with E-state index in [1.807, 2.05) is 36.4 Å². The minimum Gasteiger partial charge on any atom is -0.481 e. The van der Waals surface area contributed by atoms with Crippen molar-refractivity contribution < 1.29 is 19.5 Å². The number of aromatic nitrogens is 1. The van der Waals surface area contributed by atoms with Gasteiger partial charge in [-0.2, -0.15) is 0 Å². The number of carboxylic acid groups (broad SMARTS) is 1. The van der Waals surface area contributed by atoms with Gasteiger partial charge in [-0.05, 0) is 54.7 Å². The van der Waals surface area contributed by atoms with Crippen molar-refractivity contribution in [1.82, 2.24) is 15.6 Å². The number of H-pyrrole nitrogens is 1. The number of hydrogen-bond acceptors (Lipinski definition) is 3. The first-order valence-corrected chi connectivity index (χ1v) is 10.8. The Hall–Kier alpha value is -3.32. The predicted octanol–water partition coefficient (Wildman–Crippen LogP) is 3.71. The van der Waals surface area contributed by atoms with E-state index in [9.17, 15) is 14.4 Å². The third-order valence-corrected chi connectivity index (χ3v) is 5.52. The van der Waals surface area contributed by atoms with E-state index in [2.05, 4.69) is 27.8 Å². The van der Waals surface area contributed by atoms with Crippen LogP contribution >= 0.6 is 11.6 Å². The molecule has 1 aliphatic rings. The molecule has 4 N–H and O–H groups in total. The Morgan fingerprint density at radius 3 is 2.38 bits per heavy atom. The summed E-state index contributed by atoms with van der Waals surface area (Å²) in [7, 11) is 1.53. The predicted molar refractivity (Wildman–Crippen MR) is 124 cm³/mol. The van der Waals surface area contributed by atoms with Crippen LogP contribution in [-0.2, 0) is 22.4 Å². The second-order valence-corrected chi connectivity index (χ2v) is 8.12. The first-order valence-electron chi connectivity index (χ1n) is 10.4. The highest BCUT2D eigenvalue weighted by Gasteiger charge is 2.23. The summed E-state index contributed by atoms with van der Waals surface area (Å²) in [6.45, 7) is 0. The largest absolute Gasteiger partial charge is 0.481 e. The molecule has 3 aromatic rings. The smallest absolute Gasteiger partial charge is 0.303 e. The summed E-state index contributed by atoms with van der Waals surface area (Å²) in [5.41, 5.74) is 4.16. The summed E-state index contributed by atoms with van der Waals surface area (Å²) in [5, 5.41) is 15.3. The van der Waals surface area contributed by atoms with Gasteiger partial charge in [0.25, 0.3) is 5.91 Å². The Bertz CT molecular complexity index is 1100. The average Bonchev–Trinajstić information content (AvgIpc) is 3.36. The van der Waals surface area contributed by atoms with Crippen molar-refractivity contribution in [1.29, 1.82) is 0 Å². The Labute approximate surface area is 191 Å². The number of aromatic amines is 1. The maximum absolute atomic E-state index is 12.4. The number of benzene rings is 2. The van der Waals surface area contributed by atoms with Gasteiger partial charge in [-0.1, -0.05) is 35.9 Å². The summed E-state index contributed by atoms with van der Waals surface area (Å²) >= 11 is 5.98. The number of carboxylic acids is 1. The second-order valence-electron chi connectivity index (χ2n) is 7.68. The first kappa shape index (κ1) is 23.3. The molecule has 8 heteroatoms. The van der Waals surface area contributed by atoms with Crippen molar-refractivity contribution in [2.75, 3.05) is 7.05 Å². The van der Waals surface area contributed by atoms with E-state index in [1.165, 1.54) is 18.2 Å². The van der Waals surface area contributed by atoms with Crippen LogP contribution in [0.3, 0.4) is 0 Å². The molecule has 1 aliphatic carbocycles. The Morgan fingerprint density at radius 2 is 1.75 bits per heavy atom. The fourth-order valence-electron chi connectivity index (χ4n) is 3.68. The van der Waals surface area contributed by atoms with E-state index in [0.29, 0.717) is 23.6 Å². The highest BCUT2D eigenvalue weighted by molar-refractivity contribution is 6.31. The molecule has 168 valence electrons. The van der Waals surface area contributed by atoms with Crippen molar-refractivity contribution in [3.05, 3.63) is 70.4 Å². The molecule has 7 nitrogen and oxygen atoms in total. The van der Waals surface area contributed by atoms with Gasteiger partial charge in [-0.25, -0.2) is 0 Å². The lowest BCUT2D eigenvalue weighted by atomic mass is 10.1. The number of halogens is 1. The lowest BCUT2D eigenvalue weighted by Gasteiger charge is -2.10. The molecule has 1 heterocycles. The third kappa shape index (κ3) is 6.34. The number of carbonyl (C=O) groups is 3. The lowest BCUT2D eigenvalue weighted by molar-refractivity contribution is -0.137. The quantitative estimate of drug-likeness (QED) is 0.454. The number of nitrogens with one attached hydrogen (secondary N) is 3. The van der Waals surface area contributed by atoms with Crippen LogP contribution in [0.5, 0.6) is 0 Å². The van der Waals surface area contributed by atoms with Gasteiger partial charge in [-0.15, -0.1) is 0 Å². The summed E-state index contributed by atoms with van der Waals surface area (Å²) in [6.07, 6.45) is 2.56. The number of carbonyl (C=O) groups excluding carboxylic acids is 2. The van der Waals surface area contributed by atoms with E-state index >= 15 is 0 Å². The number of fused-ring (bicyclic) bond motifs is 2. The minimum atomic E-state index is -0.857. The molecule has 0 fully saturated rings. The molecule has 0 bridgehead atoms. The van der Waals surface area contributed by atoms with Gasteiger partial charge in [0, 0.05) is 41.9 Å². The molecule has 4 rings (SSSR count). The van der Waals surface area contributed by atoms with Gasteiger partial charge in [0.05, 0.1) is 0 Å². The fourth-order valence-corrected chi connectivity index (χ4v) is 3.86. The average molecular weight is 456 g/mol. The number of amides is 2. The molecule has 0 unspecified atom stereocenters. The molecule has 1 aromatic heterocycles. The van der Waals surface area contributed by atoms with Gasteiger partial charge in [0.15, 0.2) is 0 Å². The van der Waals surface area contributed by atoms with E-state index in [-0.39, 0.29) is 24.3 Å². The summed E-state index contributed by atoms with van der Waals surface area (Å²) in [4.78, 5) is 36.0. The summed E-state index contributed by atoms with van der Waals surface area (Å²) in [6, 6.07) is 15.9. The number of aliphatic carboxylic acids is 1. The SMILES string of the molecule is CNC(=O)CCCC(=O)O.O=C(NC1Cc2ccccc2C1)c1cc2cc(Cl)ccc2[nH]1. The van der Waals surface area contributed by atoms with E-state index < -0.39 is 5.97 Å². The van der Waals surface area contributed by atoms with E-state index in [0.717, 1.165) is 23.7 Å². The van der Waals surface area contributed by atoms with Crippen LogP contribution in [0.2, 0.25) is 5.02 Å². The third-order valence-electron chi connectivity index (χ3n) is 5.29. The Kier molecular flexibility index (Phi) is 7.89. The van der Waals surface area contributed by atoms with Crippen LogP contribution in [0, 0.1) is 0 Å². The van der Waals surface area contributed by atoms with E-state index in [4.69, 9.17) is 16.7 Å². The van der Waals surface area contributed by atoms with E-state index in [1.54, 1.807) is 0 Å².